The third-order valence-corrected chi connectivity index (χ3v) is 3.51. The van der Waals surface area contributed by atoms with Crippen LogP contribution >= 0.6 is 0 Å². The number of aryl methyl sites for hydroxylation is 2. The number of nitrogens with zero attached hydrogens (tertiary/aromatic N) is 2. The highest BCUT2D eigenvalue weighted by Gasteiger charge is 2.21. The van der Waals surface area contributed by atoms with E-state index in [1.54, 1.807) is 0 Å². The third kappa shape index (κ3) is 3.06. The van der Waals surface area contributed by atoms with Crippen molar-refractivity contribution in [2.75, 3.05) is 18.5 Å². The van der Waals surface area contributed by atoms with Crippen LogP contribution in [0.2, 0.25) is 0 Å². The molecule has 0 bridgehead atoms. The van der Waals surface area contributed by atoms with Crippen LogP contribution in [0, 0.1) is 5.92 Å². The lowest BCUT2D eigenvalue weighted by molar-refractivity contribution is 0.0697. The Balaban J connectivity index is 2.42. The number of hydrogen-bond donors (Lipinski definition) is 1. The molecule has 1 aliphatic carbocycles. The Hall–Kier alpha value is -1.58. The molecule has 2 rings (SSSR count). The van der Waals surface area contributed by atoms with Gasteiger partial charge in [0.05, 0.1) is 0 Å². The van der Waals surface area contributed by atoms with E-state index in [9.17, 15) is 9.90 Å². The van der Waals surface area contributed by atoms with E-state index >= 15 is 0 Å². The molecule has 19 heavy (non-hydrogen) atoms. The van der Waals surface area contributed by atoms with Crippen LogP contribution in [0.1, 0.15) is 48.3 Å². The summed E-state index contributed by atoms with van der Waals surface area (Å²) in [6.45, 7) is 5.05. The highest BCUT2D eigenvalue weighted by Crippen LogP contribution is 2.26. The van der Waals surface area contributed by atoms with Crippen LogP contribution in [0.3, 0.4) is 0 Å². The van der Waals surface area contributed by atoms with Crippen LogP contribution in [0.15, 0.2) is 6.07 Å². The van der Waals surface area contributed by atoms with Crippen molar-refractivity contribution >= 4 is 11.8 Å². The number of carboxylic acids is 1. The fourth-order valence-corrected chi connectivity index (χ4v) is 2.71. The summed E-state index contributed by atoms with van der Waals surface area (Å²) in [5.41, 5.74) is 2.54. The van der Waals surface area contributed by atoms with Gasteiger partial charge in [0.1, 0.15) is 11.4 Å². The first-order chi connectivity index (χ1) is 8.99. The van der Waals surface area contributed by atoms with Gasteiger partial charge in [0.2, 0.25) is 0 Å². The number of anilines is 1. The second kappa shape index (κ2) is 5.59. The van der Waals surface area contributed by atoms with Crippen molar-refractivity contribution in [3.63, 3.8) is 0 Å². The van der Waals surface area contributed by atoms with Crippen molar-refractivity contribution in [1.29, 1.82) is 0 Å². The van der Waals surface area contributed by atoms with E-state index in [1.807, 2.05) is 18.0 Å². The van der Waals surface area contributed by atoms with Crippen LogP contribution in [0.5, 0.6) is 0 Å². The van der Waals surface area contributed by atoms with E-state index < -0.39 is 5.97 Å². The molecule has 1 heterocycles. The van der Waals surface area contributed by atoms with Gasteiger partial charge in [-0.2, -0.15) is 0 Å². The van der Waals surface area contributed by atoms with E-state index in [1.165, 1.54) is 0 Å². The Morgan fingerprint density at radius 3 is 2.74 bits per heavy atom. The van der Waals surface area contributed by atoms with Gasteiger partial charge in [0.25, 0.3) is 0 Å². The predicted molar refractivity (Wildman–Crippen MR) is 75.9 cm³/mol. The highest BCUT2D eigenvalue weighted by molar-refractivity contribution is 5.93. The minimum atomic E-state index is -0.883. The molecule has 104 valence electrons. The van der Waals surface area contributed by atoms with Gasteiger partial charge in [-0.1, -0.05) is 13.8 Å². The van der Waals surface area contributed by atoms with Crippen LogP contribution in [-0.4, -0.2) is 29.7 Å². The second-order valence-electron chi connectivity index (χ2n) is 5.75. The van der Waals surface area contributed by atoms with Crippen molar-refractivity contribution in [1.82, 2.24) is 4.98 Å². The second-order valence-corrected chi connectivity index (χ2v) is 5.75. The SMILES string of the molecule is CC(C)CN(C)c1nc2c(cc1C(=O)O)CCCC2. The molecule has 1 aromatic heterocycles. The number of carbonyl (C=O) groups is 1. The van der Waals surface area contributed by atoms with Crippen molar-refractivity contribution in [2.24, 2.45) is 5.92 Å². The molecule has 4 heteroatoms. The minimum absolute atomic E-state index is 0.337. The molecule has 1 aromatic rings. The number of fused-ring (bicyclic) bond motifs is 1. The van der Waals surface area contributed by atoms with Crippen molar-refractivity contribution in [3.05, 3.63) is 22.9 Å². The zero-order valence-electron chi connectivity index (χ0n) is 11.9. The molecular weight excluding hydrogens is 240 g/mol. The number of aromatic carboxylic acids is 1. The van der Waals surface area contributed by atoms with E-state index in [4.69, 9.17) is 0 Å². The summed E-state index contributed by atoms with van der Waals surface area (Å²) >= 11 is 0. The summed E-state index contributed by atoms with van der Waals surface area (Å²) in [6, 6.07) is 1.83. The topological polar surface area (TPSA) is 53.4 Å². The molecule has 0 aliphatic heterocycles. The zero-order valence-corrected chi connectivity index (χ0v) is 11.9. The monoisotopic (exact) mass is 262 g/mol. The number of carboxylic acid groups (broad SMARTS) is 1. The Morgan fingerprint density at radius 1 is 1.42 bits per heavy atom. The van der Waals surface area contributed by atoms with Crippen LogP contribution in [0.4, 0.5) is 5.82 Å². The molecule has 0 unspecified atom stereocenters. The van der Waals surface area contributed by atoms with E-state index in [-0.39, 0.29) is 0 Å². The number of pyridine rings is 1. The smallest absolute Gasteiger partial charge is 0.339 e. The summed E-state index contributed by atoms with van der Waals surface area (Å²) in [6.07, 6.45) is 4.21. The normalized spacial score (nSPS) is 14.3. The molecule has 0 atom stereocenters. The summed E-state index contributed by atoms with van der Waals surface area (Å²) in [5.74, 6) is 0.206. The average Bonchev–Trinajstić information content (AvgIpc) is 2.36. The standard InChI is InChI=1S/C15H22N2O2/c1-10(2)9-17(3)14-12(15(18)19)8-11-6-4-5-7-13(11)16-14/h8,10H,4-7,9H2,1-3H3,(H,18,19). The quantitative estimate of drug-likeness (QED) is 0.906. The lowest BCUT2D eigenvalue weighted by Crippen LogP contribution is -2.26. The van der Waals surface area contributed by atoms with Gasteiger partial charge in [0, 0.05) is 19.3 Å². The molecule has 4 nitrogen and oxygen atoms in total. The number of hydrogen-bond acceptors (Lipinski definition) is 3. The fraction of sp³-hybridized carbons (Fsp3) is 0.600. The largest absolute Gasteiger partial charge is 0.478 e. The van der Waals surface area contributed by atoms with Gasteiger partial charge in [0.15, 0.2) is 0 Å². The van der Waals surface area contributed by atoms with Gasteiger partial charge in [-0.3, -0.25) is 0 Å². The molecular formula is C15H22N2O2. The van der Waals surface area contributed by atoms with E-state index in [0.717, 1.165) is 43.5 Å². The van der Waals surface area contributed by atoms with Crippen molar-refractivity contribution in [3.8, 4) is 0 Å². The molecule has 0 saturated heterocycles. The van der Waals surface area contributed by atoms with E-state index in [2.05, 4.69) is 18.8 Å². The van der Waals surface area contributed by atoms with Gasteiger partial charge >= 0.3 is 5.97 Å². The molecule has 0 spiro atoms. The van der Waals surface area contributed by atoms with Gasteiger partial charge in [-0.05, 0) is 43.2 Å². The maximum atomic E-state index is 11.4. The Labute approximate surface area is 114 Å². The highest BCUT2D eigenvalue weighted by atomic mass is 16.4. The lowest BCUT2D eigenvalue weighted by Gasteiger charge is -2.25. The summed E-state index contributed by atoms with van der Waals surface area (Å²) in [5, 5.41) is 9.38. The molecule has 1 aliphatic rings. The Morgan fingerprint density at radius 2 is 2.11 bits per heavy atom. The minimum Gasteiger partial charge on any atom is -0.478 e. The maximum Gasteiger partial charge on any atom is 0.339 e. The fourth-order valence-electron chi connectivity index (χ4n) is 2.71. The molecule has 0 amide bonds. The van der Waals surface area contributed by atoms with Gasteiger partial charge in [-0.25, -0.2) is 9.78 Å². The molecule has 0 saturated carbocycles. The molecule has 0 aromatic carbocycles. The summed E-state index contributed by atoms with van der Waals surface area (Å²) in [7, 11) is 1.92. The first kappa shape index (κ1) is 13.8. The van der Waals surface area contributed by atoms with Gasteiger partial charge < -0.3 is 10.0 Å². The van der Waals surface area contributed by atoms with Crippen LogP contribution in [-0.2, 0) is 12.8 Å². The van der Waals surface area contributed by atoms with Crippen LogP contribution in [0.25, 0.3) is 0 Å². The first-order valence-corrected chi connectivity index (χ1v) is 6.96. The van der Waals surface area contributed by atoms with Crippen LogP contribution < -0.4 is 4.90 Å². The Bertz CT molecular complexity index is 483. The lowest BCUT2D eigenvalue weighted by atomic mass is 9.94. The summed E-state index contributed by atoms with van der Waals surface area (Å²) < 4.78 is 0. The summed E-state index contributed by atoms with van der Waals surface area (Å²) in [4.78, 5) is 18.0. The number of rotatable bonds is 4. The molecule has 0 fully saturated rings. The maximum absolute atomic E-state index is 11.4. The third-order valence-electron chi connectivity index (χ3n) is 3.51. The molecule has 1 N–H and O–H groups in total. The van der Waals surface area contributed by atoms with Crippen molar-refractivity contribution < 1.29 is 9.90 Å². The first-order valence-electron chi connectivity index (χ1n) is 6.96. The molecule has 0 radical (unpaired) electrons. The zero-order chi connectivity index (χ0) is 14.0. The van der Waals surface area contributed by atoms with Crippen molar-refractivity contribution in [2.45, 2.75) is 39.5 Å². The number of aromatic nitrogens is 1. The average molecular weight is 262 g/mol. The Kier molecular flexibility index (Phi) is 4.08. The van der Waals surface area contributed by atoms with Gasteiger partial charge in [-0.15, -0.1) is 0 Å². The van der Waals surface area contributed by atoms with E-state index in [0.29, 0.717) is 17.3 Å². The predicted octanol–water partition coefficient (Wildman–Crippen LogP) is 2.75.